The second-order valence-corrected chi connectivity index (χ2v) is 8.59. The van der Waals surface area contributed by atoms with Crippen molar-refractivity contribution in [3.05, 3.63) is 68.5 Å². The summed E-state index contributed by atoms with van der Waals surface area (Å²) in [6, 6.07) is 4.61. The molecule has 0 fully saturated rings. The van der Waals surface area contributed by atoms with Gasteiger partial charge in [-0.2, -0.15) is 0 Å². The molecule has 2 aromatic heterocycles. The third kappa shape index (κ3) is 5.83. The van der Waals surface area contributed by atoms with Gasteiger partial charge in [0.2, 0.25) is 11.7 Å². The number of carbonyl (C=O) groups excluding carboxylic acids is 1. The minimum Gasteiger partial charge on any atom is -0.507 e. The van der Waals surface area contributed by atoms with Crippen LogP contribution in [0.4, 0.5) is 5.69 Å². The maximum atomic E-state index is 13.3. The lowest BCUT2D eigenvalue weighted by Gasteiger charge is -2.22. The summed E-state index contributed by atoms with van der Waals surface area (Å²) in [5, 5.41) is 13.6. The van der Waals surface area contributed by atoms with Crippen molar-refractivity contribution in [1.29, 1.82) is 0 Å². The van der Waals surface area contributed by atoms with Crippen LogP contribution in [0.1, 0.15) is 46.0 Å². The molecule has 0 aliphatic heterocycles. The highest BCUT2D eigenvalue weighted by molar-refractivity contribution is 5.78. The first-order valence-electron chi connectivity index (χ1n) is 11.8. The fourth-order valence-electron chi connectivity index (χ4n) is 4.32. The van der Waals surface area contributed by atoms with Crippen molar-refractivity contribution < 1.29 is 33.3 Å². The number of aryl methyl sites for hydroxylation is 2. The summed E-state index contributed by atoms with van der Waals surface area (Å²) in [7, 11) is 5.91. The molecule has 4 N–H and O–H groups in total. The number of nitrogen functional groups attached to an aromatic ring is 1. The number of carbonyl (C=O) groups is 1. The van der Waals surface area contributed by atoms with Crippen LogP contribution in [0.5, 0.6) is 23.0 Å². The Bertz CT molecular complexity index is 1370. The van der Waals surface area contributed by atoms with Crippen LogP contribution in [0, 0.1) is 13.8 Å². The molecule has 11 nitrogen and oxygen atoms in total. The minimum absolute atomic E-state index is 0.0856. The molecular weight excluding hydrogens is 494 g/mol. The van der Waals surface area contributed by atoms with E-state index in [0.717, 1.165) is 5.56 Å². The van der Waals surface area contributed by atoms with E-state index in [-0.39, 0.29) is 48.1 Å². The van der Waals surface area contributed by atoms with Gasteiger partial charge < -0.3 is 39.5 Å². The first-order chi connectivity index (χ1) is 18.2. The predicted octanol–water partition coefficient (Wildman–Crippen LogP) is 2.95. The number of rotatable bonds is 11. The van der Waals surface area contributed by atoms with Crippen molar-refractivity contribution in [1.82, 2.24) is 10.3 Å². The molecule has 0 spiro atoms. The van der Waals surface area contributed by atoms with Gasteiger partial charge in [-0.05, 0) is 25.5 Å². The number of hydrogen-bond donors (Lipinski definition) is 3. The zero-order chi connectivity index (χ0) is 28.0. The van der Waals surface area contributed by atoms with E-state index in [1.807, 2.05) is 0 Å². The highest BCUT2D eigenvalue weighted by Crippen LogP contribution is 2.45. The first-order valence-corrected chi connectivity index (χ1v) is 11.8. The number of methoxy groups -OCH3 is 4. The van der Waals surface area contributed by atoms with Crippen LogP contribution < -0.4 is 30.9 Å². The maximum absolute atomic E-state index is 13.3. The molecular formula is C27H33N3O8. The fourth-order valence-corrected chi connectivity index (χ4v) is 4.32. The average Bonchev–Trinajstić information content (AvgIpc) is 2.88. The summed E-state index contributed by atoms with van der Waals surface area (Å²) in [5.74, 6) is -0.497. The smallest absolute Gasteiger partial charge is 0.343 e. The number of aromatic hydroxyl groups is 1. The van der Waals surface area contributed by atoms with Crippen molar-refractivity contribution in [3.8, 4) is 23.0 Å². The zero-order valence-corrected chi connectivity index (χ0v) is 22.3. The topological polar surface area (TPSA) is 155 Å². The monoisotopic (exact) mass is 527 g/mol. The summed E-state index contributed by atoms with van der Waals surface area (Å²) < 4.78 is 27.0. The molecule has 0 radical (unpaired) electrons. The Morgan fingerprint density at radius 1 is 1.13 bits per heavy atom. The fraction of sp³-hybridized carbons (Fsp3) is 0.370. The Morgan fingerprint density at radius 3 is 2.45 bits per heavy atom. The number of hydrogen-bond acceptors (Lipinski definition) is 10. The van der Waals surface area contributed by atoms with Crippen LogP contribution in [0.3, 0.4) is 0 Å². The van der Waals surface area contributed by atoms with Gasteiger partial charge >= 0.3 is 5.63 Å². The molecule has 0 bridgehead atoms. The molecule has 0 aliphatic carbocycles. The molecule has 1 aromatic carbocycles. The molecule has 3 aromatic rings. The highest BCUT2D eigenvalue weighted by Gasteiger charge is 2.30. The van der Waals surface area contributed by atoms with E-state index in [9.17, 15) is 14.7 Å². The standard InChI is InChI=1S/C27H33N3O8/c1-14-9-20(31)23(27(33)38-14)18(17-7-8-21(35-4)26(37-6)25(17)36-5)10-22(32)30-12-16-11-29-15(2)24(28)19(16)13-34-3/h7-9,11,18,31H,10,12-13,28H2,1-6H3,(H,30,32). The summed E-state index contributed by atoms with van der Waals surface area (Å²) in [6.07, 6.45) is 1.41. The molecule has 3 rings (SSSR count). The number of nitrogens with zero attached hydrogens (tertiary/aromatic N) is 1. The Morgan fingerprint density at radius 2 is 1.84 bits per heavy atom. The van der Waals surface area contributed by atoms with Gasteiger partial charge in [-0.1, -0.05) is 6.07 Å². The lowest BCUT2D eigenvalue weighted by Crippen LogP contribution is -2.27. The van der Waals surface area contributed by atoms with Gasteiger partial charge in [-0.15, -0.1) is 0 Å². The van der Waals surface area contributed by atoms with Gasteiger partial charge in [0, 0.05) is 49.4 Å². The SMILES string of the molecule is COCc1c(CNC(=O)CC(c2ccc(OC)c(OC)c2OC)c2c(O)cc(C)oc2=O)cnc(C)c1N. The Kier molecular flexibility index (Phi) is 9.19. The van der Waals surface area contributed by atoms with Gasteiger partial charge in [0.05, 0.1) is 44.9 Å². The second kappa shape index (κ2) is 12.3. The van der Waals surface area contributed by atoms with Gasteiger partial charge in [0.15, 0.2) is 11.5 Å². The minimum atomic E-state index is -0.943. The zero-order valence-electron chi connectivity index (χ0n) is 22.3. The molecule has 0 aliphatic rings. The third-order valence-corrected chi connectivity index (χ3v) is 6.22. The molecule has 0 saturated heterocycles. The summed E-state index contributed by atoms with van der Waals surface area (Å²) in [4.78, 5) is 30.4. The molecule has 204 valence electrons. The Hall–Kier alpha value is -4.25. The molecule has 1 unspecified atom stereocenters. The lowest BCUT2D eigenvalue weighted by molar-refractivity contribution is -0.121. The average molecular weight is 528 g/mol. The number of nitrogens with two attached hydrogens (primary N) is 1. The van der Waals surface area contributed by atoms with Gasteiger partial charge in [0.1, 0.15) is 11.5 Å². The van der Waals surface area contributed by atoms with Crippen molar-refractivity contribution in [2.45, 2.75) is 39.3 Å². The number of benzene rings is 1. The number of anilines is 1. The molecule has 2 heterocycles. The van der Waals surface area contributed by atoms with Crippen LogP contribution in [0.25, 0.3) is 0 Å². The Balaban J connectivity index is 2.03. The number of nitrogens with one attached hydrogen (secondary N) is 1. The van der Waals surface area contributed by atoms with E-state index in [0.29, 0.717) is 28.3 Å². The quantitative estimate of drug-likeness (QED) is 0.339. The van der Waals surface area contributed by atoms with Gasteiger partial charge in [-0.25, -0.2) is 4.79 Å². The number of ether oxygens (including phenoxy) is 4. The van der Waals surface area contributed by atoms with Gasteiger partial charge in [0.25, 0.3) is 0 Å². The molecule has 0 saturated carbocycles. The van der Waals surface area contributed by atoms with E-state index in [1.165, 1.54) is 27.4 Å². The lowest BCUT2D eigenvalue weighted by atomic mass is 9.87. The van der Waals surface area contributed by atoms with Crippen LogP contribution in [-0.2, 0) is 22.7 Å². The van der Waals surface area contributed by atoms with Crippen LogP contribution in [0.2, 0.25) is 0 Å². The maximum Gasteiger partial charge on any atom is 0.343 e. The number of amides is 1. The predicted molar refractivity (Wildman–Crippen MR) is 140 cm³/mol. The first kappa shape index (κ1) is 28.3. The van der Waals surface area contributed by atoms with Crippen molar-refractivity contribution in [2.24, 2.45) is 0 Å². The van der Waals surface area contributed by atoms with E-state index in [4.69, 9.17) is 29.1 Å². The number of pyridine rings is 1. The van der Waals surface area contributed by atoms with Crippen LogP contribution >= 0.6 is 0 Å². The molecule has 38 heavy (non-hydrogen) atoms. The van der Waals surface area contributed by atoms with E-state index >= 15 is 0 Å². The van der Waals surface area contributed by atoms with Crippen molar-refractivity contribution in [3.63, 3.8) is 0 Å². The van der Waals surface area contributed by atoms with E-state index in [2.05, 4.69) is 10.3 Å². The molecule has 1 amide bonds. The summed E-state index contributed by atoms with van der Waals surface area (Å²) >= 11 is 0. The normalized spacial score (nSPS) is 11.6. The van der Waals surface area contributed by atoms with E-state index < -0.39 is 17.5 Å². The van der Waals surface area contributed by atoms with Gasteiger partial charge in [-0.3, -0.25) is 9.78 Å². The summed E-state index contributed by atoms with van der Waals surface area (Å²) in [5.41, 5.74) is 8.33. The molecule has 1 atom stereocenters. The highest BCUT2D eigenvalue weighted by atomic mass is 16.5. The Labute approximate surface area is 220 Å². The number of aromatic nitrogens is 1. The van der Waals surface area contributed by atoms with Crippen LogP contribution in [-0.4, -0.2) is 44.4 Å². The molecule has 11 heteroatoms. The second-order valence-electron chi connectivity index (χ2n) is 8.59. The largest absolute Gasteiger partial charge is 0.507 e. The van der Waals surface area contributed by atoms with E-state index in [1.54, 1.807) is 39.3 Å². The van der Waals surface area contributed by atoms with Crippen LogP contribution in [0.15, 0.2) is 33.6 Å². The summed E-state index contributed by atoms with van der Waals surface area (Å²) in [6.45, 7) is 3.71. The van der Waals surface area contributed by atoms with Crippen molar-refractivity contribution >= 4 is 11.6 Å². The van der Waals surface area contributed by atoms with Crippen molar-refractivity contribution in [2.75, 3.05) is 34.2 Å². The third-order valence-electron chi connectivity index (χ3n) is 6.22.